The van der Waals surface area contributed by atoms with E-state index in [1.165, 1.54) is 4.90 Å². The Kier molecular flexibility index (Phi) is 2.22. The van der Waals surface area contributed by atoms with Gasteiger partial charge in [-0.2, -0.15) is 0 Å². The van der Waals surface area contributed by atoms with Crippen LogP contribution < -0.4 is 0 Å². The van der Waals surface area contributed by atoms with E-state index < -0.39 is 0 Å². The highest BCUT2D eigenvalue weighted by Crippen LogP contribution is 2.49. The van der Waals surface area contributed by atoms with Gasteiger partial charge in [0.2, 0.25) is 11.8 Å². The van der Waals surface area contributed by atoms with Gasteiger partial charge in [-0.3, -0.25) is 14.5 Å². The normalized spacial score (nSPS) is 36.1. The third-order valence-corrected chi connectivity index (χ3v) is 4.74. The largest absolute Gasteiger partial charge is 0.467 e. The molecule has 98 valence electrons. The lowest BCUT2D eigenvalue weighted by atomic mass is 9.63. The highest BCUT2D eigenvalue weighted by atomic mass is 16.3. The van der Waals surface area contributed by atoms with Crippen LogP contribution in [0, 0.1) is 23.7 Å². The van der Waals surface area contributed by atoms with Crippen molar-refractivity contribution in [3.63, 3.8) is 0 Å². The molecule has 1 aromatic rings. The summed E-state index contributed by atoms with van der Waals surface area (Å²) in [7, 11) is 0. The number of furan rings is 1. The first-order valence-electron chi connectivity index (χ1n) is 6.81. The van der Waals surface area contributed by atoms with Crippen molar-refractivity contribution in [3.8, 4) is 0 Å². The Hall–Kier alpha value is -1.84. The van der Waals surface area contributed by atoms with Gasteiger partial charge in [0.1, 0.15) is 5.76 Å². The smallest absolute Gasteiger partial charge is 0.234 e. The minimum atomic E-state index is -0.119. The molecule has 0 N–H and O–H groups in total. The number of amides is 2. The molecule has 4 atom stereocenters. The number of hydrogen-bond donors (Lipinski definition) is 0. The molecule has 4 heteroatoms. The van der Waals surface area contributed by atoms with Crippen LogP contribution in [0.15, 0.2) is 35.0 Å². The maximum atomic E-state index is 12.5. The molecular weight excluding hydrogens is 242 g/mol. The first-order valence-corrected chi connectivity index (χ1v) is 6.81. The summed E-state index contributed by atoms with van der Waals surface area (Å²) >= 11 is 0. The third-order valence-electron chi connectivity index (χ3n) is 4.74. The molecule has 2 fully saturated rings. The quantitative estimate of drug-likeness (QED) is 0.601. The van der Waals surface area contributed by atoms with Gasteiger partial charge < -0.3 is 4.42 Å². The second-order valence-electron chi connectivity index (χ2n) is 5.68. The Labute approximate surface area is 111 Å². The minimum Gasteiger partial charge on any atom is -0.467 e. The molecule has 19 heavy (non-hydrogen) atoms. The molecule has 0 unspecified atom stereocenters. The summed E-state index contributed by atoms with van der Waals surface area (Å²) in [6.07, 6.45) is 7.92. The molecule has 2 bridgehead atoms. The number of rotatable bonds is 2. The van der Waals surface area contributed by atoms with Crippen molar-refractivity contribution >= 4 is 11.8 Å². The van der Waals surface area contributed by atoms with E-state index in [4.69, 9.17) is 4.42 Å². The number of nitrogens with zero attached hydrogens (tertiary/aromatic N) is 1. The van der Waals surface area contributed by atoms with Crippen LogP contribution in [0.1, 0.15) is 18.6 Å². The first-order chi connectivity index (χ1) is 9.25. The predicted octanol–water partition coefficient (Wildman–Crippen LogP) is 1.98. The molecule has 3 aliphatic carbocycles. The highest BCUT2D eigenvalue weighted by molar-refractivity contribution is 6.05. The fourth-order valence-corrected chi connectivity index (χ4v) is 3.85. The van der Waals surface area contributed by atoms with Crippen LogP contribution in [0.2, 0.25) is 0 Å². The molecule has 1 saturated heterocycles. The number of imide groups is 1. The van der Waals surface area contributed by atoms with Gasteiger partial charge in [-0.1, -0.05) is 12.2 Å². The van der Waals surface area contributed by atoms with Gasteiger partial charge in [-0.25, -0.2) is 0 Å². The van der Waals surface area contributed by atoms with E-state index in [1.807, 2.05) is 0 Å². The molecule has 1 aliphatic heterocycles. The van der Waals surface area contributed by atoms with E-state index in [1.54, 1.807) is 18.4 Å². The summed E-state index contributed by atoms with van der Waals surface area (Å²) < 4.78 is 5.25. The van der Waals surface area contributed by atoms with Crippen LogP contribution in [0.3, 0.4) is 0 Å². The Morgan fingerprint density at radius 3 is 2.21 bits per heavy atom. The zero-order chi connectivity index (χ0) is 13.0. The Morgan fingerprint density at radius 2 is 1.74 bits per heavy atom. The van der Waals surface area contributed by atoms with E-state index in [-0.39, 0.29) is 42.0 Å². The van der Waals surface area contributed by atoms with Crippen LogP contribution in [-0.4, -0.2) is 16.7 Å². The molecule has 2 amide bonds. The third kappa shape index (κ3) is 1.46. The highest BCUT2D eigenvalue weighted by Gasteiger charge is 2.56. The maximum absolute atomic E-state index is 12.5. The van der Waals surface area contributed by atoms with Crippen LogP contribution >= 0.6 is 0 Å². The van der Waals surface area contributed by atoms with Gasteiger partial charge in [-0.05, 0) is 36.8 Å². The van der Waals surface area contributed by atoms with Crippen molar-refractivity contribution in [1.82, 2.24) is 4.90 Å². The maximum Gasteiger partial charge on any atom is 0.234 e. The average Bonchev–Trinajstić information content (AvgIpc) is 3.04. The molecule has 1 saturated carbocycles. The molecule has 4 nitrogen and oxygen atoms in total. The number of carbonyl (C=O) groups is 2. The van der Waals surface area contributed by atoms with Crippen molar-refractivity contribution in [1.29, 1.82) is 0 Å². The first kappa shape index (κ1) is 11.0. The molecule has 1 aromatic heterocycles. The Morgan fingerprint density at radius 1 is 1.11 bits per heavy atom. The number of fused-ring (bicyclic) bond motifs is 1. The van der Waals surface area contributed by atoms with Crippen LogP contribution in [0.5, 0.6) is 0 Å². The standard InChI is InChI=1S/C15H15NO3/c17-14-12-9-3-4-10(6-5-9)13(12)15(18)16(14)8-11-2-1-7-19-11/h1-4,7,9-10,12-13H,5-6,8H2/t9-,10-,12-,13-/m1/s1. The van der Waals surface area contributed by atoms with Gasteiger partial charge in [0.05, 0.1) is 24.6 Å². The van der Waals surface area contributed by atoms with Gasteiger partial charge in [0.25, 0.3) is 0 Å². The van der Waals surface area contributed by atoms with E-state index in [0.717, 1.165) is 12.8 Å². The monoisotopic (exact) mass is 257 g/mol. The van der Waals surface area contributed by atoms with Crippen LogP contribution in [-0.2, 0) is 16.1 Å². The molecule has 2 heterocycles. The zero-order valence-corrected chi connectivity index (χ0v) is 10.5. The fourth-order valence-electron chi connectivity index (χ4n) is 3.85. The van der Waals surface area contributed by atoms with E-state index >= 15 is 0 Å². The van der Waals surface area contributed by atoms with E-state index in [0.29, 0.717) is 5.76 Å². The topological polar surface area (TPSA) is 50.5 Å². The van der Waals surface area contributed by atoms with E-state index in [9.17, 15) is 9.59 Å². The van der Waals surface area contributed by atoms with Crippen LogP contribution in [0.4, 0.5) is 0 Å². The summed E-state index contributed by atoms with van der Waals surface area (Å²) in [5.41, 5.74) is 0. The second kappa shape index (κ2) is 3.83. The van der Waals surface area contributed by atoms with Crippen LogP contribution in [0.25, 0.3) is 0 Å². The lowest BCUT2D eigenvalue weighted by Crippen LogP contribution is -2.38. The molecule has 0 radical (unpaired) electrons. The minimum absolute atomic E-state index is 0.00884. The molecule has 0 spiro atoms. The predicted molar refractivity (Wildman–Crippen MR) is 66.6 cm³/mol. The van der Waals surface area contributed by atoms with Crippen molar-refractivity contribution in [2.45, 2.75) is 19.4 Å². The number of hydrogen-bond acceptors (Lipinski definition) is 3. The summed E-state index contributed by atoms with van der Waals surface area (Å²) in [5.74, 6) is 0.926. The molecular formula is C15H15NO3. The van der Waals surface area contributed by atoms with Gasteiger partial charge in [0.15, 0.2) is 0 Å². The van der Waals surface area contributed by atoms with Gasteiger partial charge >= 0.3 is 0 Å². The molecule has 5 rings (SSSR count). The number of likely N-dealkylation sites (tertiary alicyclic amines) is 1. The Balaban J connectivity index is 1.66. The zero-order valence-electron chi connectivity index (χ0n) is 10.5. The van der Waals surface area contributed by atoms with E-state index in [2.05, 4.69) is 12.2 Å². The van der Waals surface area contributed by atoms with Crippen molar-refractivity contribution in [2.24, 2.45) is 23.7 Å². The summed E-state index contributed by atoms with van der Waals surface area (Å²) in [5, 5.41) is 0. The summed E-state index contributed by atoms with van der Waals surface area (Å²) in [6.45, 7) is 0.275. The average molecular weight is 257 g/mol. The van der Waals surface area contributed by atoms with Crippen molar-refractivity contribution in [2.75, 3.05) is 0 Å². The van der Waals surface area contributed by atoms with Gasteiger partial charge in [0, 0.05) is 0 Å². The lowest BCUT2D eigenvalue weighted by molar-refractivity contribution is -0.141. The fraction of sp³-hybridized carbons (Fsp3) is 0.467. The summed E-state index contributed by atoms with van der Waals surface area (Å²) in [4.78, 5) is 26.4. The second-order valence-corrected chi connectivity index (χ2v) is 5.68. The number of allylic oxidation sites excluding steroid dienone is 2. The molecule has 4 aliphatic rings. The number of carbonyl (C=O) groups excluding carboxylic acids is 2. The summed E-state index contributed by atoms with van der Waals surface area (Å²) in [6, 6.07) is 3.58. The van der Waals surface area contributed by atoms with Crippen molar-refractivity contribution < 1.29 is 14.0 Å². The SMILES string of the molecule is O=C1[C@H]2[C@H](C(=O)N1Cc1ccco1)[C@@H]1C=C[C@@H]2CC1. The van der Waals surface area contributed by atoms with Gasteiger partial charge in [-0.15, -0.1) is 0 Å². The van der Waals surface area contributed by atoms with Crippen molar-refractivity contribution in [3.05, 3.63) is 36.3 Å². The Bertz CT molecular complexity index is 528. The lowest BCUT2D eigenvalue weighted by Gasteiger charge is -2.38. The molecule has 0 aromatic carbocycles.